The van der Waals surface area contributed by atoms with Crippen LogP contribution in [0.25, 0.3) is 232 Å². The van der Waals surface area contributed by atoms with E-state index in [0.717, 1.165) is 215 Å². The summed E-state index contributed by atoms with van der Waals surface area (Å²) in [4.78, 5) is 67.6. The molecule has 0 saturated heterocycles. The van der Waals surface area contributed by atoms with E-state index in [1.165, 1.54) is 60.1 Å². The second kappa shape index (κ2) is 38.1. The molecule has 0 aliphatic heterocycles. The number of hydrogen-bond donors (Lipinski definition) is 0. The van der Waals surface area contributed by atoms with Crippen LogP contribution < -0.4 is 0 Å². The molecule has 0 spiro atoms. The number of rotatable bonds is 10. The van der Waals surface area contributed by atoms with Crippen LogP contribution in [0.15, 0.2) is 340 Å². The lowest BCUT2D eigenvalue weighted by Gasteiger charge is -2.10. The predicted molar refractivity (Wildman–Crippen MR) is 590 cm³/mol. The molecule has 14 aromatic heterocycles. The molecular formula is C120H104ClN21. The minimum atomic E-state index is 0.307. The van der Waals surface area contributed by atoms with Crippen LogP contribution in [0.2, 0.25) is 5.02 Å². The van der Waals surface area contributed by atoms with Crippen LogP contribution in [0.4, 0.5) is 0 Å². The summed E-state index contributed by atoms with van der Waals surface area (Å²) in [6.07, 6.45) is 2.98. The van der Waals surface area contributed by atoms with Gasteiger partial charge in [-0.2, -0.15) is 0 Å². The number of nitrogens with zero attached hydrogens (tertiary/aromatic N) is 21. The Morgan fingerprint density at radius 3 is 0.817 bits per heavy atom. The van der Waals surface area contributed by atoms with E-state index in [1.54, 1.807) is 0 Å². The summed E-state index contributed by atoms with van der Waals surface area (Å²) in [5, 5.41) is 8.84. The Kier molecular flexibility index (Phi) is 24.2. The molecule has 0 bridgehead atoms. The second-order valence-corrected chi connectivity index (χ2v) is 37.6. The molecule has 0 saturated carbocycles. The van der Waals surface area contributed by atoms with Gasteiger partial charge in [0.2, 0.25) is 0 Å². The van der Waals surface area contributed by atoms with Crippen LogP contribution in [0.5, 0.6) is 0 Å². The van der Waals surface area contributed by atoms with E-state index in [0.29, 0.717) is 24.0 Å². The summed E-state index contributed by atoms with van der Waals surface area (Å²) in [7, 11) is 0. The Hall–Kier alpha value is -16.9. The Morgan fingerprint density at radius 2 is 0.493 bits per heavy atom. The number of allylic oxidation sites excluding steroid dienone is 1. The lowest BCUT2D eigenvalue weighted by atomic mass is 10.1. The zero-order valence-corrected chi connectivity index (χ0v) is 81.8. The van der Waals surface area contributed by atoms with Gasteiger partial charge >= 0.3 is 0 Å². The molecule has 142 heavy (non-hydrogen) atoms. The second-order valence-electron chi connectivity index (χ2n) is 37.2. The number of hydrogen-bond acceptors (Lipinski definition) is 14. The quantitative estimate of drug-likeness (QED) is 0.116. The zero-order valence-electron chi connectivity index (χ0n) is 81.1. The molecule has 21 nitrogen and oxygen atoms in total. The van der Waals surface area contributed by atoms with E-state index in [-0.39, 0.29) is 0 Å². The average molecular weight is 1880 g/mol. The van der Waals surface area contributed by atoms with Crippen LogP contribution in [-0.4, -0.2) is 102 Å². The fourth-order valence-electron chi connectivity index (χ4n) is 19.9. The maximum atomic E-state index is 6.17. The Labute approximate surface area is 823 Å². The third kappa shape index (κ3) is 16.5. The normalized spacial score (nSPS) is 11.8. The van der Waals surface area contributed by atoms with Gasteiger partial charge in [-0.3, -0.25) is 0 Å². The smallest absolute Gasteiger partial charge is 0.160 e. The van der Waals surface area contributed by atoms with E-state index < -0.39 is 0 Å². The fraction of sp³-hybridized carbons (Fsp3) is 0.167. The van der Waals surface area contributed by atoms with Gasteiger partial charge in [-0.15, -0.1) is 6.58 Å². The summed E-state index contributed by atoms with van der Waals surface area (Å²) in [6.45, 7) is 31.4. The maximum absolute atomic E-state index is 6.17. The van der Waals surface area contributed by atoms with Crippen molar-refractivity contribution >= 4 is 243 Å². The van der Waals surface area contributed by atoms with Crippen molar-refractivity contribution in [2.45, 2.75) is 127 Å². The first-order valence-electron chi connectivity index (χ1n) is 48.8. The minimum Gasteiger partial charge on any atom is -0.324 e. The molecule has 0 atom stereocenters. The van der Waals surface area contributed by atoms with Crippen LogP contribution in [-0.2, 0) is 26.2 Å². The molecule has 14 heterocycles. The number of aromatic nitrogens is 21. The summed E-state index contributed by atoms with van der Waals surface area (Å²) >= 11 is 6.17. The largest absolute Gasteiger partial charge is 0.324 e. The monoisotopic (exact) mass is 1870 g/mol. The molecule has 14 aromatic carbocycles. The first kappa shape index (κ1) is 90.3. The van der Waals surface area contributed by atoms with Crippen LogP contribution >= 0.6 is 11.6 Å². The Balaban J connectivity index is 0.0000000949. The number of aryl methyl sites for hydroxylation is 3. The first-order chi connectivity index (χ1) is 69.4. The highest BCUT2D eigenvalue weighted by Gasteiger charge is 2.24. The van der Waals surface area contributed by atoms with E-state index in [2.05, 4.69) is 242 Å². The van der Waals surface area contributed by atoms with Crippen molar-refractivity contribution in [3.8, 4) is 0 Å². The maximum Gasteiger partial charge on any atom is 0.160 e. The number of para-hydroxylation sites is 19. The van der Waals surface area contributed by atoms with Crippen molar-refractivity contribution in [3.63, 3.8) is 0 Å². The Bertz CT molecular complexity index is 9590. The van der Waals surface area contributed by atoms with Gasteiger partial charge in [-0.25, -0.2) is 69.8 Å². The highest BCUT2D eigenvalue weighted by Crippen LogP contribution is 2.39. The van der Waals surface area contributed by atoms with Crippen molar-refractivity contribution < 1.29 is 0 Å². The van der Waals surface area contributed by atoms with E-state index in [4.69, 9.17) is 81.4 Å². The van der Waals surface area contributed by atoms with Gasteiger partial charge in [0.15, 0.2) is 39.5 Å². The van der Waals surface area contributed by atoms with Crippen molar-refractivity contribution in [1.29, 1.82) is 0 Å². The molecule has 0 aliphatic carbocycles. The third-order valence-electron chi connectivity index (χ3n) is 26.1. The third-order valence-corrected chi connectivity index (χ3v) is 26.3. The molecule has 0 aliphatic rings. The predicted octanol–water partition coefficient (Wildman–Crippen LogP) is 30.1. The van der Waals surface area contributed by atoms with Gasteiger partial charge in [0.25, 0.3) is 0 Å². The summed E-state index contributed by atoms with van der Waals surface area (Å²) in [5.74, 6) is 0.567. The van der Waals surface area contributed by atoms with Crippen molar-refractivity contribution in [3.05, 3.63) is 351 Å². The van der Waals surface area contributed by atoms with Crippen LogP contribution in [0.3, 0.4) is 0 Å². The minimum absolute atomic E-state index is 0.307. The van der Waals surface area contributed by atoms with Gasteiger partial charge in [0.1, 0.15) is 38.6 Å². The first-order valence-corrected chi connectivity index (χ1v) is 49.2. The van der Waals surface area contributed by atoms with Crippen molar-refractivity contribution in [2.75, 3.05) is 0 Å². The SMILES string of the molecule is C=CCn1c2ccccc2c2nc3ccccc3nc21.CC(C)Cn1c2ccccc2c2nc3ccccc3nc21.CC(C)n1c2ccc(Cl)cc2c2nc3ccccc3nc21.CC(C)n1c2ccccc2c2nc3ccccc3nc21.CCCn1c2ccccc2c2nc3ccccc3nc21.CCn1c2ccccc2c2nc3ccccc3nc21.Cc1ccc2c(c1)c1nc3ccccc3nc1n2C(C)C. The summed E-state index contributed by atoms with van der Waals surface area (Å²) in [6, 6.07) is 112. The summed E-state index contributed by atoms with van der Waals surface area (Å²) < 4.78 is 15.7. The van der Waals surface area contributed by atoms with Crippen molar-refractivity contribution in [2.24, 2.45) is 5.92 Å². The van der Waals surface area contributed by atoms with E-state index in [1.807, 2.05) is 206 Å². The molecule has 696 valence electrons. The summed E-state index contributed by atoms with van der Waals surface area (Å²) in [5.41, 5.74) is 36.4. The molecule has 0 amide bonds. The highest BCUT2D eigenvalue weighted by atomic mass is 35.5. The molecule has 0 radical (unpaired) electrons. The number of halogens is 1. The molecule has 0 N–H and O–H groups in total. The van der Waals surface area contributed by atoms with Gasteiger partial charge in [0.05, 0.1) is 116 Å². The fourth-order valence-corrected chi connectivity index (χ4v) is 20.1. The highest BCUT2D eigenvalue weighted by molar-refractivity contribution is 6.32. The van der Waals surface area contributed by atoms with Gasteiger partial charge < -0.3 is 32.0 Å². The van der Waals surface area contributed by atoms with E-state index in [9.17, 15) is 0 Å². The molecule has 0 unspecified atom stereocenters. The standard InChI is InChI=1S/2C18H17N3.C17H14ClN3.2C17H15N3.C17H13N3.C16H13N3/c1-11(2)21-16-9-8-12(3)10-13(16)17-18(21)20-15-7-5-4-6-14(15)19-17;1-12(2)11-21-16-10-6-3-7-13(16)17-18(21)20-15-9-5-4-8-14(15)19-17;1-10(2)21-15-8-7-11(18)9-12(15)16-17(21)20-14-6-4-3-5-13(14)19-16;1-11(2)20-15-10-6-3-7-12(15)16-17(20)19-14-9-5-4-8-13(14)18-16;2*1-2-11-20-15-10-6-3-7-12(15)16-17(20)19-14-9-5-4-8-13(14)18-16;1-2-19-14-10-6-3-7-11(14)15-16(19)18-13-9-5-4-8-12(13)17-15/h4-11H,1-3H3;3-10,12H,11H2,1-2H3;3-10H,1-2H3;3-11H,1-2H3;3-10H,2,11H2,1H3;2-10H,1,11H2;3-10H,2H2,1H3. The molecule has 28 rings (SSSR count). The van der Waals surface area contributed by atoms with Crippen LogP contribution in [0.1, 0.15) is 99.3 Å². The lowest BCUT2D eigenvalue weighted by Crippen LogP contribution is -2.05. The van der Waals surface area contributed by atoms with Gasteiger partial charge in [-0.05, 0) is 213 Å². The lowest BCUT2D eigenvalue weighted by molar-refractivity contribution is 0.543. The van der Waals surface area contributed by atoms with Crippen LogP contribution in [0, 0.1) is 12.8 Å². The van der Waals surface area contributed by atoms with Gasteiger partial charge in [0, 0.05) is 87.0 Å². The Morgan fingerprint density at radius 1 is 0.254 bits per heavy atom. The zero-order chi connectivity index (χ0) is 97.1. The molecule has 22 heteroatoms. The number of benzene rings is 14. The van der Waals surface area contributed by atoms with E-state index >= 15 is 0 Å². The van der Waals surface area contributed by atoms with Gasteiger partial charge in [-0.1, -0.05) is 226 Å². The topological polar surface area (TPSA) is 215 Å². The number of fused-ring (bicyclic) bond motifs is 28. The van der Waals surface area contributed by atoms with Crippen molar-refractivity contribution in [1.82, 2.24) is 102 Å². The molecule has 0 fully saturated rings. The average Bonchev–Trinajstić information content (AvgIpc) is 1.63. The molecule has 28 aromatic rings. The molecular weight excluding hydrogens is 1770 g/mol.